The molecule has 1 aromatic heterocycles. The Morgan fingerprint density at radius 2 is 2.07 bits per heavy atom. The van der Waals surface area contributed by atoms with Crippen LogP contribution in [0, 0.1) is 23.2 Å². The third-order valence-corrected chi connectivity index (χ3v) is 3.82. The van der Waals surface area contributed by atoms with Gasteiger partial charge in [0.2, 0.25) is 0 Å². The monoisotopic (exact) mass is 378 g/mol. The van der Waals surface area contributed by atoms with Crippen molar-refractivity contribution >= 4 is 23.3 Å². The maximum atomic E-state index is 11.7. The number of nitrogens with zero attached hydrogens (tertiary/aromatic N) is 3. The first kappa shape index (κ1) is 20.8. The van der Waals surface area contributed by atoms with Crippen LogP contribution in [0.2, 0.25) is 0 Å². The normalized spacial score (nSPS) is 9.75. The summed E-state index contributed by atoms with van der Waals surface area (Å²) < 4.78 is 0. The highest BCUT2D eigenvalue weighted by Gasteiger charge is 2.18. The van der Waals surface area contributed by atoms with Crippen LogP contribution < -0.4 is 10.2 Å². The first-order valence-corrected chi connectivity index (χ1v) is 8.96. The highest BCUT2D eigenvalue weighted by Crippen LogP contribution is 2.25. The number of hydrogen-bond acceptors (Lipinski definition) is 5. The molecule has 0 fully saturated rings. The number of carboxylic acid groups (broad SMARTS) is 1. The average Bonchev–Trinajstić information content (AvgIpc) is 2.70. The molecular weight excluding hydrogens is 356 g/mol. The van der Waals surface area contributed by atoms with E-state index in [1.54, 1.807) is 36.5 Å². The highest BCUT2D eigenvalue weighted by molar-refractivity contribution is 5.89. The lowest BCUT2D eigenvalue weighted by molar-refractivity contribution is 0.202. The van der Waals surface area contributed by atoms with E-state index in [1.165, 1.54) is 4.90 Å². The Hall–Kier alpha value is -3.55. The molecule has 0 saturated heterocycles. The molecule has 0 saturated carbocycles. The summed E-state index contributed by atoms with van der Waals surface area (Å²) in [6, 6.07) is 10.6. The summed E-state index contributed by atoms with van der Waals surface area (Å²) in [7, 11) is 0. The molecule has 1 heterocycles. The zero-order chi connectivity index (χ0) is 20.4. The van der Waals surface area contributed by atoms with Gasteiger partial charge in [-0.25, -0.2) is 9.78 Å². The Morgan fingerprint density at radius 1 is 1.32 bits per heavy atom. The van der Waals surface area contributed by atoms with Gasteiger partial charge >= 0.3 is 6.09 Å². The summed E-state index contributed by atoms with van der Waals surface area (Å²) in [5.41, 5.74) is 2.25. The van der Waals surface area contributed by atoms with Gasteiger partial charge in [-0.1, -0.05) is 18.8 Å². The minimum atomic E-state index is -1.06. The van der Waals surface area contributed by atoms with Crippen molar-refractivity contribution in [1.82, 2.24) is 4.98 Å². The van der Waals surface area contributed by atoms with Crippen LogP contribution in [0.3, 0.4) is 0 Å². The van der Waals surface area contributed by atoms with Crippen molar-refractivity contribution in [3.63, 3.8) is 0 Å². The van der Waals surface area contributed by atoms with Crippen LogP contribution in [0.15, 0.2) is 36.5 Å². The molecule has 0 atom stereocenters. The fourth-order valence-corrected chi connectivity index (χ4v) is 2.48. The van der Waals surface area contributed by atoms with Gasteiger partial charge in [0.05, 0.1) is 22.9 Å². The summed E-state index contributed by atoms with van der Waals surface area (Å²) in [5, 5.41) is 30.5. The summed E-state index contributed by atoms with van der Waals surface area (Å²) in [6.07, 6.45) is 2.22. The van der Waals surface area contributed by atoms with Gasteiger partial charge < -0.3 is 15.5 Å². The topological polar surface area (TPSA) is 109 Å². The molecule has 7 nitrogen and oxygen atoms in total. The largest absolute Gasteiger partial charge is 0.465 e. The Kier molecular flexibility index (Phi) is 7.83. The number of unbranched alkanes of at least 4 members (excludes halogenated alkanes) is 1. The highest BCUT2D eigenvalue weighted by atomic mass is 16.4. The van der Waals surface area contributed by atoms with Gasteiger partial charge in [0.15, 0.2) is 0 Å². The fraction of sp³-hybridized carbons (Fsp3) is 0.286. The molecule has 1 aromatic carbocycles. The summed E-state index contributed by atoms with van der Waals surface area (Å²) in [4.78, 5) is 17.3. The number of aromatic nitrogens is 1. The summed E-state index contributed by atoms with van der Waals surface area (Å²) in [5.74, 6) is 6.37. The minimum Gasteiger partial charge on any atom is -0.465 e. The van der Waals surface area contributed by atoms with Gasteiger partial charge in [-0.15, -0.1) is 0 Å². The second-order valence-corrected chi connectivity index (χ2v) is 5.96. The molecular formula is C21H22N4O3. The van der Waals surface area contributed by atoms with Crippen molar-refractivity contribution in [2.45, 2.75) is 26.2 Å². The van der Waals surface area contributed by atoms with Crippen molar-refractivity contribution in [3.05, 3.63) is 47.7 Å². The smallest absolute Gasteiger partial charge is 0.411 e. The second kappa shape index (κ2) is 10.6. The molecule has 0 radical (unpaired) electrons. The van der Waals surface area contributed by atoms with E-state index in [2.05, 4.69) is 28.2 Å². The van der Waals surface area contributed by atoms with Gasteiger partial charge in [0, 0.05) is 37.5 Å². The van der Waals surface area contributed by atoms with E-state index in [9.17, 15) is 9.90 Å². The molecule has 0 aliphatic carbocycles. The lowest BCUT2D eigenvalue weighted by Gasteiger charge is -2.21. The molecule has 0 aliphatic heterocycles. The quantitative estimate of drug-likeness (QED) is 0.500. The standard InChI is InChI=1S/C21H22N4O3/c1-2-11-25(21(27)28)19-13-20(23-15-17(19)6-4-3-5-12-26)24-18-9-7-16(14-22)8-10-18/h7-10,13,15,26H,2-3,5,11-12H2,1H3,(H,23,24)(H,27,28). The average molecular weight is 378 g/mol. The number of aliphatic hydroxyl groups excluding tert-OH is 1. The van der Waals surface area contributed by atoms with Gasteiger partial charge in [0.1, 0.15) is 5.82 Å². The SMILES string of the molecule is CCCN(C(=O)O)c1cc(Nc2ccc(C#N)cc2)ncc1C#CCCCO. The number of amides is 1. The first-order chi connectivity index (χ1) is 13.6. The zero-order valence-electron chi connectivity index (χ0n) is 15.6. The van der Waals surface area contributed by atoms with Gasteiger partial charge in [-0.05, 0) is 37.1 Å². The van der Waals surface area contributed by atoms with E-state index in [0.717, 1.165) is 5.69 Å². The Labute approximate surface area is 164 Å². The van der Waals surface area contributed by atoms with E-state index in [1.807, 2.05) is 6.92 Å². The first-order valence-electron chi connectivity index (χ1n) is 8.96. The van der Waals surface area contributed by atoms with E-state index in [4.69, 9.17) is 10.4 Å². The molecule has 0 aliphatic rings. The molecule has 3 N–H and O–H groups in total. The lowest BCUT2D eigenvalue weighted by Crippen LogP contribution is -2.30. The van der Waals surface area contributed by atoms with Crippen molar-refractivity contribution in [2.75, 3.05) is 23.4 Å². The van der Waals surface area contributed by atoms with Crippen LogP contribution in [0.1, 0.15) is 37.3 Å². The predicted octanol–water partition coefficient (Wildman–Crippen LogP) is 3.72. The number of aliphatic hydroxyl groups is 1. The van der Waals surface area contributed by atoms with Crippen LogP contribution in [0.25, 0.3) is 0 Å². The molecule has 0 bridgehead atoms. The number of pyridine rings is 1. The summed E-state index contributed by atoms with van der Waals surface area (Å²) >= 11 is 0. The van der Waals surface area contributed by atoms with E-state index in [-0.39, 0.29) is 6.61 Å². The van der Waals surface area contributed by atoms with Crippen molar-refractivity contribution in [1.29, 1.82) is 5.26 Å². The van der Waals surface area contributed by atoms with E-state index < -0.39 is 6.09 Å². The molecule has 28 heavy (non-hydrogen) atoms. The predicted molar refractivity (Wildman–Crippen MR) is 108 cm³/mol. The van der Waals surface area contributed by atoms with Crippen LogP contribution in [-0.2, 0) is 0 Å². The number of benzene rings is 1. The van der Waals surface area contributed by atoms with Crippen molar-refractivity contribution < 1.29 is 15.0 Å². The maximum Gasteiger partial charge on any atom is 0.411 e. The Balaban J connectivity index is 2.37. The molecule has 144 valence electrons. The molecule has 2 aromatic rings. The molecule has 0 unspecified atom stereocenters. The van der Waals surface area contributed by atoms with Gasteiger partial charge in [0.25, 0.3) is 0 Å². The number of nitrogens with one attached hydrogen (secondary N) is 1. The van der Waals surface area contributed by atoms with Gasteiger partial charge in [-0.2, -0.15) is 5.26 Å². The fourth-order valence-electron chi connectivity index (χ4n) is 2.48. The molecule has 0 spiro atoms. The lowest BCUT2D eigenvalue weighted by atomic mass is 10.2. The second-order valence-electron chi connectivity index (χ2n) is 5.96. The molecule has 7 heteroatoms. The van der Waals surface area contributed by atoms with Crippen LogP contribution >= 0.6 is 0 Å². The number of rotatable bonds is 7. The minimum absolute atomic E-state index is 0.0598. The van der Waals surface area contributed by atoms with Crippen LogP contribution in [-0.4, -0.2) is 34.4 Å². The maximum absolute atomic E-state index is 11.7. The Bertz CT molecular complexity index is 908. The number of carbonyl (C=O) groups is 1. The van der Waals surface area contributed by atoms with E-state index >= 15 is 0 Å². The molecule has 2 rings (SSSR count). The third kappa shape index (κ3) is 5.73. The van der Waals surface area contributed by atoms with Crippen LogP contribution in [0.4, 0.5) is 22.0 Å². The van der Waals surface area contributed by atoms with Crippen molar-refractivity contribution in [3.8, 4) is 17.9 Å². The number of hydrogen-bond donors (Lipinski definition) is 3. The van der Waals surface area contributed by atoms with Crippen molar-refractivity contribution in [2.24, 2.45) is 0 Å². The van der Waals surface area contributed by atoms with Gasteiger partial charge in [-0.3, -0.25) is 4.90 Å². The Morgan fingerprint density at radius 3 is 2.68 bits per heavy atom. The zero-order valence-corrected chi connectivity index (χ0v) is 15.6. The van der Waals surface area contributed by atoms with Crippen LogP contribution in [0.5, 0.6) is 0 Å². The number of anilines is 3. The molecule has 1 amide bonds. The third-order valence-electron chi connectivity index (χ3n) is 3.82. The van der Waals surface area contributed by atoms with E-state index in [0.29, 0.717) is 48.4 Å². The summed E-state index contributed by atoms with van der Waals surface area (Å²) in [6.45, 7) is 2.30. The number of nitriles is 1.